The SMILES string of the molecule is Cc1ncsc1CN(C)C(=O)c1cc(N)cn1C1CC1. The first-order valence-electron chi connectivity index (χ1n) is 6.68. The van der Waals surface area contributed by atoms with E-state index < -0.39 is 0 Å². The molecule has 6 heteroatoms. The lowest BCUT2D eigenvalue weighted by Crippen LogP contribution is -2.28. The summed E-state index contributed by atoms with van der Waals surface area (Å²) in [5.41, 5.74) is 9.99. The number of hydrogen-bond donors (Lipinski definition) is 1. The molecule has 20 heavy (non-hydrogen) atoms. The van der Waals surface area contributed by atoms with E-state index in [0.717, 1.165) is 23.4 Å². The average molecular weight is 290 g/mol. The van der Waals surface area contributed by atoms with E-state index in [0.29, 0.717) is 24.0 Å². The Morgan fingerprint density at radius 1 is 1.60 bits per heavy atom. The van der Waals surface area contributed by atoms with E-state index in [1.165, 1.54) is 0 Å². The Balaban J connectivity index is 1.80. The molecule has 5 nitrogen and oxygen atoms in total. The fourth-order valence-corrected chi connectivity index (χ4v) is 3.12. The maximum atomic E-state index is 12.6. The van der Waals surface area contributed by atoms with E-state index in [4.69, 9.17) is 5.73 Å². The largest absolute Gasteiger partial charge is 0.397 e. The summed E-state index contributed by atoms with van der Waals surface area (Å²) in [5, 5.41) is 0. The summed E-state index contributed by atoms with van der Waals surface area (Å²) in [6, 6.07) is 2.22. The van der Waals surface area contributed by atoms with Crippen LogP contribution >= 0.6 is 11.3 Å². The second kappa shape index (κ2) is 4.94. The van der Waals surface area contributed by atoms with Crippen LogP contribution in [-0.2, 0) is 6.54 Å². The average Bonchev–Trinajstić information content (AvgIpc) is 3.08. The maximum Gasteiger partial charge on any atom is 0.270 e. The Morgan fingerprint density at radius 3 is 2.95 bits per heavy atom. The molecule has 0 aliphatic heterocycles. The summed E-state index contributed by atoms with van der Waals surface area (Å²) in [6.07, 6.45) is 4.13. The maximum absolute atomic E-state index is 12.6. The third-order valence-corrected chi connectivity index (χ3v) is 4.52. The number of hydrogen-bond acceptors (Lipinski definition) is 4. The summed E-state index contributed by atoms with van der Waals surface area (Å²) >= 11 is 1.58. The molecule has 3 rings (SSSR count). The van der Waals surface area contributed by atoms with Gasteiger partial charge in [0, 0.05) is 24.2 Å². The van der Waals surface area contributed by atoms with E-state index in [1.807, 2.05) is 30.2 Å². The van der Waals surface area contributed by atoms with Crippen molar-refractivity contribution in [2.75, 3.05) is 12.8 Å². The Morgan fingerprint density at radius 2 is 2.35 bits per heavy atom. The van der Waals surface area contributed by atoms with Gasteiger partial charge in [0.25, 0.3) is 5.91 Å². The molecule has 0 bridgehead atoms. The van der Waals surface area contributed by atoms with Gasteiger partial charge in [-0.1, -0.05) is 0 Å². The Bertz CT molecular complexity index is 641. The van der Waals surface area contributed by atoms with E-state index in [9.17, 15) is 4.79 Å². The fraction of sp³-hybridized carbons (Fsp3) is 0.429. The summed E-state index contributed by atoms with van der Waals surface area (Å²) < 4.78 is 2.02. The molecule has 0 saturated heterocycles. The number of anilines is 1. The van der Waals surface area contributed by atoms with Crippen LogP contribution in [0, 0.1) is 6.92 Å². The summed E-state index contributed by atoms with van der Waals surface area (Å²) in [6.45, 7) is 2.56. The molecule has 0 radical (unpaired) electrons. The van der Waals surface area contributed by atoms with Crippen LogP contribution in [0.15, 0.2) is 17.8 Å². The molecule has 106 valence electrons. The molecule has 1 aliphatic carbocycles. The number of nitrogens with two attached hydrogens (primary N) is 1. The number of carbonyl (C=O) groups excluding carboxylic acids is 1. The van der Waals surface area contributed by atoms with Gasteiger partial charge in [0.05, 0.1) is 23.4 Å². The molecular weight excluding hydrogens is 272 g/mol. The summed E-state index contributed by atoms with van der Waals surface area (Å²) in [4.78, 5) is 19.7. The highest BCUT2D eigenvalue weighted by molar-refractivity contribution is 7.09. The minimum atomic E-state index is 0.0152. The van der Waals surface area contributed by atoms with Crippen LogP contribution in [0.5, 0.6) is 0 Å². The second-order valence-electron chi connectivity index (χ2n) is 5.32. The molecule has 1 aliphatic rings. The van der Waals surface area contributed by atoms with Crippen LogP contribution in [-0.4, -0.2) is 27.4 Å². The second-order valence-corrected chi connectivity index (χ2v) is 6.26. The minimum Gasteiger partial charge on any atom is -0.397 e. The van der Waals surface area contributed by atoms with Crippen LogP contribution in [0.3, 0.4) is 0 Å². The molecular formula is C14H18N4OS. The van der Waals surface area contributed by atoms with Crippen LogP contribution in [0.25, 0.3) is 0 Å². The predicted molar refractivity (Wildman–Crippen MR) is 79.8 cm³/mol. The topological polar surface area (TPSA) is 64.2 Å². The van der Waals surface area contributed by atoms with Gasteiger partial charge in [0.1, 0.15) is 5.69 Å². The molecule has 0 aromatic carbocycles. The zero-order chi connectivity index (χ0) is 14.3. The van der Waals surface area contributed by atoms with Gasteiger partial charge >= 0.3 is 0 Å². The van der Waals surface area contributed by atoms with Crippen LogP contribution in [0.1, 0.15) is 39.9 Å². The first-order valence-corrected chi connectivity index (χ1v) is 7.56. The molecule has 0 atom stereocenters. The van der Waals surface area contributed by atoms with Crippen molar-refractivity contribution in [3.63, 3.8) is 0 Å². The zero-order valence-electron chi connectivity index (χ0n) is 11.7. The highest BCUT2D eigenvalue weighted by atomic mass is 32.1. The van der Waals surface area contributed by atoms with Crippen LogP contribution in [0.2, 0.25) is 0 Å². The van der Waals surface area contributed by atoms with E-state index in [2.05, 4.69) is 4.98 Å². The molecule has 0 unspecified atom stereocenters. The van der Waals surface area contributed by atoms with Crippen molar-refractivity contribution in [1.29, 1.82) is 0 Å². The van der Waals surface area contributed by atoms with Gasteiger partial charge < -0.3 is 15.2 Å². The molecule has 1 saturated carbocycles. The van der Waals surface area contributed by atoms with Crippen LogP contribution < -0.4 is 5.73 Å². The van der Waals surface area contributed by atoms with Gasteiger partial charge in [0.15, 0.2) is 0 Å². The van der Waals surface area contributed by atoms with E-state index in [1.54, 1.807) is 22.3 Å². The lowest BCUT2D eigenvalue weighted by Gasteiger charge is -2.17. The van der Waals surface area contributed by atoms with Crippen molar-refractivity contribution in [2.24, 2.45) is 0 Å². The summed E-state index contributed by atoms with van der Waals surface area (Å²) in [7, 11) is 1.82. The number of aromatic nitrogens is 2. The van der Waals surface area contributed by atoms with Crippen LogP contribution in [0.4, 0.5) is 5.69 Å². The number of amides is 1. The minimum absolute atomic E-state index is 0.0152. The van der Waals surface area contributed by atoms with Gasteiger partial charge in [-0.3, -0.25) is 4.79 Å². The Hall–Kier alpha value is -1.82. The van der Waals surface area contributed by atoms with Gasteiger partial charge in [-0.15, -0.1) is 11.3 Å². The number of rotatable bonds is 4. The number of thiazole rings is 1. The standard InChI is InChI=1S/C14H18N4OS/c1-9-13(20-8-16-9)7-17(2)14(19)12-5-10(15)6-18(12)11-3-4-11/h5-6,8,11H,3-4,7,15H2,1-2H3. The van der Waals surface area contributed by atoms with Gasteiger partial charge in [-0.2, -0.15) is 0 Å². The van der Waals surface area contributed by atoms with E-state index >= 15 is 0 Å². The normalized spacial score (nSPS) is 14.5. The molecule has 2 aromatic heterocycles. The molecule has 0 spiro atoms. The lowest BCUT2D eigenvalue weighted by molar-refractivity contribution is 0.0775. The van der Waals surface area contributed by atoms with Gasteiger partial charge in [-0.25, -0.2) is 4.98 Å². The Labute approximate surface area is 122 Å². The van der Waals surface area contributed by atoms with Crippen molar-refractivity contribution in [3.8, 4) is 0 Å². The number of nitrogen functional groups attached to an aromatic ring is 1. The summed E-state index contributed by atoms with van der Waals surface area (Å²) in [5.74, 6) is 0.0152. The number of aryl methyl sites for hydroxylation is 1. The third kappa shape index (κ3) is 2.43. The molecule has 1 amide bonds. The lowest BCUT2D eigenvalue weighted by atomic mass is 10.3. The van der Waals surface area contributed by atoms with Gasteiger partial charge in [0.2, 0.25) is 0 Å². The number of carbonyl (C=O) groups is 1. The Kier molecular flexibility index (Phi) is 3.25. The predicted octanol–water partition coefficient (Wildman–Crippen LogP) is 2.44. The zero-order valence-corrected chi connectivity index (χ0v) is 12.5. The van der Waals surface area contributed by atoms with E-state index in [-0.39, 0.29) is 5.91 Å². The van der Waals surface area contributed by atoms with Crippen molar-refractivity contribution < 1.29 is 4.79 Å². The fourth-order valence-electron chi connectivity index (χ4n) is 2.29. The monoisotopic (exact) mass is 290 g/mol. The highest BCUT2D eigenvalue weighted by Crippen LogP contribution is 2.37. The van der Waals surface area contributed by atoms with Crippen molar-refractivity contribution in [1.82, 2.24) is 14.5 Å². The molecule has 2 heterocycles. The first kappa shape index (κ1) is 13.2. The highest BCUT2D eigenvalue weighted by Gasteiger charge is 2.28. The molecule has 2 aromatic rings. The van der Waals surface area contributed by atoms with Crippen molar-refractivity contribution >= 4 is 22.9 Å². The smallest absolute Gasteiger partial charge is 0.270 e. The quantitative estimate of drug-likeness (QED) is 0.940. The number of nitrogens with zero attached hydrogens (tertiary/aromatic N) is 3. The third-order valence-electron chi connectivity index (χ3n) is 3.60. The molecule has 2 N–H and O–H groups in total. The van der Waals surface area contributed by atoms with Crippen molar-refractivity contribution in [2.45, 2.75) is 32.4 Å². The van der Waals surface area contributed by atoms with Crippen molar-refractivity contribution in [3.05, 3.63) is 34.0 Å². The molecule has 1 fully saturated rings. The first-order chi connectivity index (χ1) is 9.56. The van der Waals surface area contributed by atoms with Gasteiger partial charge in [-0.05, 0) is 25.8 Å².